The Morgan fingerprint density at radius 3 is 2.29 bits per heavy atom. The van der Waals surface area contributed by atoms with E-state index in [1.54, 1.807) is 0 Å². The molecule has 17 heavy (non-hydrogen) atoms. The molecular formula is C11H6F4N2. The van der Waals surface area contributed by atoms with Crippen molar-refractivity contribution < 1.29 is 17.6 Å². The van der Waals surface area contributed by atoms with Crippen molar-refractivity contribution in [3.63, 3.8) is 0 Å². The summed E-state index contributed by atoms with van der Waals surface area (Å²) in [4.78, 5) is 3.40. The first kappa shape index (κ1) is 11.4. The van der Waals surface area contributed by atoms with E-state index in [1.165, 1.54) is 12.1 Å². The summed E-state index contributed by atoms with van der Waals surface area (Å²) in [5.41, 5.74) is -0.318. The van der Waals surface area contributed by atoms with Gasteiger partial charge in [0.05, 0.1) is 5.69 Å². The van der Waals surface area contributed by atoms with E-state index in [0.29, 0.717) is 12.1 Å². The van der Waals surface area contributed by atoms with Gasteiger partial charge in [-0.3, -0.25) is 0 Å². The van der Waals surface area contributed by atoms with Crippen LogP contribution in [0.3, 0.4) is 0 Å². The van der Waals surface area contributed by atoms with Crippen LogP contribution in [0.25, 0.3) is 0 Å². The van der Waals surface area contributed by atoms with Crippen LogP contribution in [0.2, 0.25) is 0 Å². The molecule has 0 aliphatic rings. The summed E-state index contributed by atoms with van der Waals surface area (Å²) in [6.07, 6.45) is 0. The Balaban J connectivity index is 2.33. The van der Waals surface area contributed by atoms with Gasteiger partial charge in [-0.25, -0.2) is 18.2 Å². The predicted molar refractivity (Wildman–Crippen MR) is 53.8 cm³/mol. The molecule has 0 atom stereocenters. The fraction of sp³-hybridized carbons (Fsp3) is 0. The summed E-state index contributed by atoms with van der Waals surface area (Å²) in [6.45, 7) is 0. The summed E-state index contributed by atoms with van der Waals surface area (Å²) in [5, 5.41) is 2.35. The van der Waals surface area contributed by atoms with Gasteiger partial charge in [-0.2, -0.15) is 4.39 Å². The second-order valence-corrected chi connectivity index (χ2v) is 3.22. The molecule has 1 aromatic carbocycles. The average molecular weight is 242 g/mol. The largest absolute Gasteiger partial charge is 0.338 e. The number of hydrogen-bond donors (Lipinski definition) is 1. The summed E-state index contributed by atoms with van der Waals surface area (Å²) in [7, 11) is 0. The second-order valence-electron chi connectivity index (χ2n) is 3.22. The fourth-order valence-electron chi connectivity index (χ4n) is 1.23. The van der Waals surface area contributed by atoms with Crippen LogP contribution in [0, 0.1) is 23.4 Å². The number of benzene rings is 1. The molecule has 0 aliphatic carbocycles. The molecule has 1 aromatic heterocycles. The van der Waals surface area contributed by atoms with E-state index in [1.807, 2.05) is 0 Å². The summed E-state index contributed by atoms with van der Waals surface area (Å²) in [6, 6.07) is 4.85. The maximum absolute atomic E-state index is 13.2. The van der Waals surface area contributed by atoms with Gasteiger partial charge in [0.15, 0.2) is 11.6 Å². The third kappa shape index (κ3) is 2.52. The van der Waals surface area contributed by atoms with Gasteiger partial charge in [-0.05, 0) is 12.1 Å². The van der Waals surface area contributed by atoms with E-state index < -0.39 is 23.4 Å². The number of halogens is 4. The first-order valence-electron chi connectivity index (χ1n) is 4.60. The minimum Gasteiger partial charge on any atom is -0.338 e. The van der Waals surface area contributed by atoms with Gasteiger partial charge in [-0.15, -0.1) is 0 Å². The zero-order valence-corrected chi connectivity index (χ0v) is 8.35. The average Bonchev–Trinajstić information content (AvgIpc) is 2.26. The molecule has 0 unspecified atom stereocenters. The van der Waals surface area contributed by atoms with Gasteiger partial charge in [0, 0.05) is 12.1 Å². The van der Waals surface area contributed by atoms with Gasteiger partial charge in [0.2, 0.25) is 5.95 Å². The molecule has 6 heteroatoms. The predicted octanol–water partition coefficient (Wildman–Crippen LogP) is 3.38. The summed E-state index contributed by atoms with van der Waals surface area (Å²) >= 11 is 0. The maximum atomic E-state index is 13.2. The second kappa shape index (κ2) is 4.40. The Morgan fingerprint density at radius 2 is 1.59 bits per heavy atom. The quantitative estimate of drug-likeness (QED) is 0.496. The Morgan fingerprint density at radius 1 is 0.882 bits per heavy atom. The number of aromatic nitrogens is 1. The molecule has 2 rings (SSSR count). The van der Waals surface area contributed by atoms with Crippen molar-refractivity contribution in [2.24, 2.45) is 0 Å². The minimum atomic E-state index is -1.29. The van der Waals surface area contributed by atoms with Gasteiger partial charge in [0.1, 0.15) is 11.6 Å². The number of pyridine rings is 1. The van der Waals surface area contributed by atoms with Crippen LogP contribution in [0.15, 0.2) is 30.3 Å². The molecule has 0 radical (unpaired) electrons. The van der Waals surface area contributed by atoms with Crippen molar-refractivity contribution in [2.45, 2.75) is 0 Å². The number of rotatable bonds is 2. The molecule has 2 aromatic rings. The smallest absolute Gasteiger partial charge is 0.214 e. The molecule has 0 aliphatic heterocycles. The van der Waals surface area contributed by atoms with E-state index >= 15 is 0 Å². The molecule has 2 nitrogen and oxygen atoms in total. The number of nitrogens with zero attached hydrogens (tertiary/aromatic N) is 1. The molecule has 0 saturated heterocycles. The lowest BCUT2D eigenvalue weighted by molar-refractivity contribution is 0.496. The topological polar surface area (TPSA) is 24.9 Å². The van der Waals surface area contributed by atoms with E-state index in [9.17, 15) is 17.6 Å². The van der Waals surface area contributed by atoms with Crippen LogP contribution in [0.4, 0.5) is 29.1 Å². The van der Waals surface area contributed by atoms with Crippen LogP contribution >= 0.6 is 0 Å². The lowest BCUT2D eigenvalue weighted by Crippen LogP contribution is -1.99. The SMILES string of the molecule is Fc1cccc(Nc2cc(F)c(F)cc2F)n1. The van der Waals surface area contributed by atoms with Gasteiger partial charge in [0.25, 0.3) is 0 Å². The van der Waals surface area contributed by atoms with Crippen molar-refractivity contribution >= 4 is 11.5 Å². The molecule has 0 spiro atoms. The third-order valence-electron chi connectivity index (χ3n) is 1.99. The standard InChI is InChI=1S/C11H6F4N2/c12-6-4-8(14)9(5-7(6)13)16-11-3-1-2-10(15)17-11/h1-5H,(H,16,17). The van der Waals surface area contributed by atoms with Crippen LogP contribution in [-0.2, 0) is 0 Å². The maximum Gasteiger partial charge on any atom is 0.214 e. The summed E-state index contributed by atoms with van der Waals surface area (Å²) in [5.74, 6) is -4.26. The molecule has 88 valence electrons. The Kier molecular flexibility index (Phi) is 2.95. The fourth-order valence-corrected chi connectivity index (χ4v) is 1.23. The molecule has 0 amide bonds. The minimum absolute atomic E-state index is 0.00471. The lowest BCUT2D eigenvalue weighted by Gasteiger charge is -2.07. The monoisotopic (exact) mass is 242 g/mol. The zero-order valence-electron chi connectivity index (χ0n) is 8.35. The highest BCUT2D eigenvalue weighted by molar-refractivity contribution is 5.56. The highest BCUT2D eigenvalue weighted by Gasteiger charge is 2.10. The first-order chi connectivity index (χ1) is 8.06. The Labute approximate surface area is 93.9 Å². The number of nitrogens with one attached hydrogen (secondary N) is 1. The van der Waals surface area contributed by atoms with Gasteiger partial charge < -0.3 is 5.32 Å². The molecule has 1 heterocycles. The van der Waals surface area contributed by atoms with Crippen LogP contribution < -0.4 is 5.32 Å². The Bertz CT molecular complexity index is 557. The number of anilines is 2. The normalized spacial score (nSPS) is 10.4. The lowest BCUT2D eigenvalue weighted by atomic mass is 10.3. The highest BCUT2D eigenvalue weighted by atomic mass is 19.2. The van der Waals surface area contributed by atoms with E-state index in [0.717, 1.165) is 6.07 Å². The number of hydrogen-bond acceptors (Lipinski definition) is 2. The van der Waals surface area contributed by atoms with Crippen molar-refractivity contribution in [3.8, 4) is 0 Å². The van der Waals surface area contributed by atoms with Gasteiger partial charge >= 0.3 is 0 Å². The van der Waals surface area contributed by atoms with Gasteiger partial charge in [-0.1, -0.05) is 6.07 Å². The van der Waals surface area contributed by atoms with Crippen molar-refractivity contribution in [2.75, 3.05) is 5.32 Å². The van der Waals surface area contributed by atoms with Crippen molar-refractivity contribution in [3.05, 3.63) is 53.7 Å². The van der Waals surface area contributed by atoms with Crippen LogP contribution in [0.5, 0.6) is 0 Å². The molecule has 1 N–H and O–H groups in total. The Hall–Kier alpha value is -2.11. The van der Waals surface area contributed by atoms with E-state index in [4.69, 9.17) is 0 Å². The van der Waals surface area contributed by atoms with Crippen LogP contribution in [0.1, 0.15) is 0 Å². The molecule has 0 bridgehead atoms. The third-order valence-corrected chi connectivity index (χ3v) is 1.99. The van der Waals surface area contributed by atoms with E-state index in [2.05, 4.69) is 10.3 Å². The molecule has 0 saturated carbocycles. The van der Waals surface area contributed by atoms with Crippen molar-refractivity contribution in [1.29, 1.82) is 0 Å². The first-order valence-corrected chi connectivity index (χ1v) is 4.60. The molecular weight excluding hydrogens is 236 g/mol. The summed E-state index contributed by atoms with van der Waals surface area (Å²) < 4.78 is 51.5. The highest BCUT2D eigenvalue weighted by Crippen LogP contribution is 2.21. The molecule has 0 fully saturated rings. The zero-order chi connectivity index (χ0) is 12.4. The van der Waals surface area contributed by atoms with Crippen molar-refractivity contribution in [1.82, 2.24) is 4.98 Å². The van der Waals surface area contributed by atoms with Crippen LogP contribution in [-0.4, -0.2) is 4.98 Å². The van der Waals surface area contributed by atoms with E-state index in [-0.39, 0.29) is 11.5 Å².